The monoisotopic (exact) mass is 226 g/mol. The lowest BCUT2D eigenvalue weighted by molar-refractivity contribution is -0.128. The third-order valence-corrected chi connectivity index (χ3v) is 3.85. The second-order valence-electron chi connectivity index (χ2n) is 5.27. The molecule has 2 aliphatic heterocycles. The first-order valence-corrected chi connectivity index (χ1v) is 6.25. The number of ether oxygens (including phenoxy) is 1. The summed E-state index contributed by atoms with van der Waals surface area (Å²) in [6.45, 7) is 6.84. The van der Waals surface area contributed by atoms with Gasteiger partial charge in [-0.25, -0.2) is 0 Å². The van der Waals surface area contributed by atoms with Gasteiger partial charge in [0, 0.05) is 12.1 Å². The van der Waals surface area contributed by atoms with Gasteiger partial charge in [0.2, 0.25) is 5.91 Å². The summed E-state index contributed by atoms with van der Waals surface area (Å²) in [6.07, 6.45) is 2.97. The number of carbonyl (C=O) groups is 1. The predicted molar refractivity (Wildman–Crippen MR) is 62.2 cm³/mol. The second-order valence-corrected chi connectivity index (χ2v) is 5.27. The smallest absolute Gasteiger partial charge is 0.226 e. The third kappa shape index (κ3) is 2.55. The molecule has 0 radical (unpaired) electrons. The van der Waals surface area contributed by atoms with Crippen LogP contribution in [0.1, 0.15) is 33.1 Å². The summed E-state index contributed by atoms with van der Waals surface area (Å²) in [5, 5.41) is 6.52. The van der Waals surface area contributed by atoms with Gasteiger partial charge >= 0.3 is 0 Å². The molecule has 2 heterocycles. The lowest BCUT2D eigenvalue weighted by atomic mass is 9.89. The van der Waals surface area contributed by atoms with Gasteiger partial charge in [-0.2, -0.15) is 0 Å². The van der Waals surface area contributed by atoms with Crippen LogP contribution >= 0.6 is 0 Å². The van der Waals surface area contributed by atoms with Crippen LogP contribution in [0.15, 0.2) is 0 Å². The summed E-state index contributed by atoms with van der Waals surface area (Å²) < 4.78 is 5.44. The van der Waals surface area contributed by atoms with Gasteiger partial charge in [0.1, 0.15) is 0 Å². The minimum atomic E-state index is -0.0232. The van der Waals surface area contributed by atoms with Gasteiger partial charge in [-0.15, -0.1) is 0 Å². The summed E-state index contributed by atoms with van der Waals surface area (Å²) in [7, 11) is 0. The Kier molecular flexibility index (Phi) is 3.50. The molecule has 16 heavy (non-hydrogen) atoms. The zero-order chi connectivity index (χ0) is 11.6. The Morgan fingerprint density at radius 2 is 2.12 bits per heavy atom. The molecule has 0 aromatic carbocycles. The van der Waals surface area contributed by atoms with Crippen molar-refractivity contribution in [1.82, 2.24) is 10.6 Å². The van der Waals surface area contributed by atoms with E-state index in [-0.39, 0.29) is 23.5 Å². The van der Waals surface area contributed by atoms with Crippen LogP contribution in [0.4, 0.5) is 0 Å². The lowest BCUT2D eigenvalue weighted by Gasteiger charge is -2.36. The normalized spacial score (nSPS) is 33.6. The van der Waals surface area contributed by atoms with Crippen molar-refractivity contribution in [1.29, 1.82) is 0 Å². The Labute approximate surface area is 97.1 Å². The van der Waals surface area contributed by atoms with Gasteiger partial charge in [0.05, 0.1) is 12.0 Å². The Bertz CT molecular complexity index is 262. The van der Waals surface area contributed by atoms with Gasteiger partial charge in [-0.3, -0.25) is 4.79 Å². The first kappa shape index (κ1) is 11.9. The zero-order valence-electron chi connectivity index (χ0n) is 10.2. The van der Waals surface area contributed by atoms with Crippen LogP contribution in [0.2, 0.25) is 0 Å². The minimum Gasteiger partial charge on any atom is -0.378 e. The van der Waals surface area contributed by atoms with E-state index in [0.29, 0.717) is 0 Å². The highest BCUT2D eigenvalue weighted by Crippen LogP contribution is 2.23. The van der Waals surface area contributed by atoms with Gasteiger partial charge in [-0.1, -0.05) is 0 Å². The van der Waals surface area contributed by atoms with E-state index in [1.54, 1.807) is 0 Å². The van der Waals surface area contributed by atoms with Crippen LogP contribution in [0.3, 0.4) is 0 Å². The fourth-order valence-electron chi connectivity index (χ4n) is 2.57. The van der Waals surface area contributed by atoms with E-state index < -0.39 is 0 Å². The Hall–Kier alpha value is -0.610. The molecule has 2 aliphatic rings. The van der Waals surface area contributed by atoms with Crippen LogP contribution in [0.5, 0.6) is 0 Å². The number of amides is 1. The fourth-order valence-corrected chi connectivity index (χ4v) is 2.57. The topological polar surface area (TPSA) is 50.4 Å². The molecule has 2 saturated heterocycles. The molecular weight excluding hydrogens is 204 g/mol. The largest absolute Gasteiger partial charge is 0.378 e. The van der Waals surface area contributed by atoms with Crippen molar-refractivity contribution in [2.75, 3.05) is 19.7 Å². The summed E-state index contributed by atoms with van der Waals surface area (Å²) in [4.78, 5) is 12.1. The van der Waals surface area contributed by atoms with Crippen molar-refractivity contribution >= 4 is 5.91 Å². The van der Waals surface area contributed by atoms with Crippen molar-refractivity contribution in [2.45, 2.75) is 44.8 Å². The average Bonchev–Trinajstić information content (AvgIpc) is 2.65. The predicted octanol–water partition coefficient (Wildman–Crippen LogP) is 0.670. The van der Waals surface area contributed by atoms with E-state index in [2.05, 4.69) is 17.6 Å². The summed E-state index contributed by atoms with van der Waals surface area (Å²) >= 11 is 0. The molecule has 1 amide bonds. The molecule has 2 N–H and O–H groups in total. The summed E-state index contributed by atoms with van der Waals surface area (Å²) in [6, 6.07) is 0. The number of nitrogens with one attached hydrogen (secondary N) is 2. The van der Waals surface area contributed by atoms with E-state index >= 15 is 0 Å². The van der Waals surface area contributed by atoms with Crippen molar-refractivity contribution in [3.05, 3.63) is 0 Å². The lowest BCUT2D eigenvalue weighted by Crippen LogP contribution is -2.54. The molecule has 92 valence electrons. The fraction of sp³-hybridized carbons (Fsp3) is 0.917. The molecule has 2 rings (SSSR count). The Morgan fingerprint density at radius 3 is 2.69 bits per heavy atom. The second kappa shape index (κ2) is 4.72. The van der Waals surface area contributed by atoms with E-state index in [1.807, 2.05) is 6.92 Å². The van der Waals surface area contributed by atoms with Crippen LogP contribution < -0.4 is 10.6 Å². The SMILES string of the molecule is CC1OCCC1C(=O)NC1(C)CCNCC1. The molecule has 0 aliphatic carbocycles. The van der Waals surface area contributed by atoms with Gasteiger partial charge in [0.25, 0.3) is 0 Å². The van der Waals surface area contributed by atoms with E-state index in [4.69, 9.17) is 4.74 Å². The van der Waals surface area contributed by atoms with Crippen molar-refractivity contribution in [3.8, 4) is 0 Å². The molecular formula is C12H22N2O2. The summed E-state index contributed by atoms with van der Waals surface area (Å²) in [5.74, 6) is 0.223. The first-order chi connectivity index (χ1) is 7.61. The maximum absolute atomic E-state index is 12.1. The van der Waals surface area contributed by atoms with Gasteiger partial charge in [-0.05, 0) is 46.2 Å². The molecule has 4 heteroatoms. The van der Waals surface area contributed by atoms with Crippen LogP contribution in [-0.2, 0) is 9.53 Å². The number of hydrogen-bond donors (Lipinski definition) is 2. The first-order valence-electron chi connectivity index (χ1n) is 6.25. The van der Waals surface area contributed by atoms with Crippen LogP contribution in [0, 0.1) is 5.92 Å². The summed E-state index contributed by atoms with van der Waals surface area (Å²) in [5.41, 5.74) is -0.0232. The standard InChI is InChI=1S/C12H22N2O2/c1-9-10(3-8-16-9)11(15)14-12(2)4-6-13-7-5-12/h9-10,13H,3-8H2,1-2H3,(H,14,15). The number of carbonyl (C=O) groups excluding carboxylic acids is 1. The molecule has 2 fully saturated rings. The average molecular weight is 226 g/mol. The van der Waals surface area contributed by atoms with E-state index in [1.165, 1.54) is 0 Å². The Morgan fingerprint density at radius 1 is 1.44 bits per heavy atom. The van der Waals surface area contributed by atoms with Crippen molar-refractivity contribution in [3.63, 3.8) is 0 Å². The highest BCUT2D eigenvalue weighted by molar-refractivity contribution is 5.80. The van der Waals surface area contributed by atoms with Crippen LogP contribution in [0.25, 0.3) is 0 Å². The molecule has 0 saturated carbocycles. The van der Waals surface area contributed by atoms with E-state index in [0.717, 1.165) is 39.0 Å². The molecule has 2 unspecified atom stereocenters. The number of rotatable bonds is 2. The number of hydrogen-bond acceptors (Lipinski definition) is 3. The maximum Gasteiger partial charge on any atom is 0.226 e. The van der Waals surface area contributed by atoms with Crippen LogP contribution in [-0.4, -0.2) is 37.2 Å². The minimum absolute atomic E-state index is 0.0232. The maximum atomic E-state index is 12.1. The number of piperidine rings is 1. The molecule has 0 spiro atoms. The zero-order valence-corrected chi connectivity index (χ0v) is 10.2. The van der Waals surface area contributed by atoms with Gasteiger partial charge in [0.15, 0.2) is 0 Å². The van der Waals surface area contributed by atoms with E-state index in [9.17, 15) is 4.79 Å². The molecule has 0 aromatic heterocycles. The molecule has 0 bridgehead atoms. The Balaban J connectivity index is 1.90. The molecule has 2 atom stereocenters. The highest BCUT2D eigenvalue weighted by Gasteiger charge is 2.35. The quantitative estimate of drug-likeness (QED) is 0.727. The van der Waals surface area contributed by atoms with Crippen molar-refractivity contribution < 1.29 is 9.53 Å². The van der Waals surface area contributed by atoms with Gasteiger partial charge < -0.3 is 15.4 Å². The third-order valence-electron chi connectivity index (χ3n) is 3.85. The van der Waals surface area contributed by atoms with Crippen molar-refractivity contribution in [2.24, 2.45) is 5.92 Å². The molecule has 0 aromatic rings. The molecule has 4 nitrogen and oxygen atoms in total. The highest BCUT2D eigenvalue weighted by atomic mass is 16.5.